The van der Waals surface area contributed by atoms with Gasteiger partial charge in [-0.3, -0.25) is 0 Å². The topological polar surface area (TPSA) is 8.17 Å². The van der Waals surface area contributed by atoms with Gasteiger partial charge in [0.25, 0.3) is 0 Å². The Balaban J connectivity index is 1.36. The molecule has 0 N–H and O–H groups in total. The Bertz CT molecular complexity index is 2370. The second-order valence-corrected chi connectivity index (χ2v) is 12.0. The number of benzene rings is 6. The van der Waals surface area contributed by atoms with Crippen LogP contribution < -0.4 is 4.90 Å². The standard InChI is InChI=1S/C37H22N2S/c1-2-10-23-22(9-1)21-28-24(23)12-7-16-29(28)38-30-14-4-5-15-31(30)39-36-25(13-8-17-32(36)38)26-19-20-34-35(37(26)39)27-11-3-6-18-33(27)40-34/h1-20H,21H2. The van der Waals surface area contributed by atoms with E-state index in [0.29, 0.717) is 0 Å². The van der Waals surface area contributed by atoms with Crippen LogP contribution in [-0.2, 0) is 6.42 Å². The molecule has 2 nitrogen and oxygen atoms in total. The second-order valence-electron chi connectivity index (χ2n) is 10.9. The third-order valence-electron chi connectivity index (χ3n) is 8.94. The van der Waals surface area contributed by atoms with Gasteiger partial charge in [0.15, 0.2) is 0 Å². The highest BCUT2D eigenvalue weighted by Gasteiger charge is 2.32. The summed E-state index contributed by atoms with van der Waals surface area (Å²) >= 11 is 1.89. The first-order valence-corrected chi connectivity index (χ1v) is 14.7. The highest BCUT2D eigenvalue weighted by molar-refractivity contribution is 7.26. The molecule has 1 aliphatic carbocycles. The van der Waals surface area contributed by atoms with Gasteiger partial charge in [-0.1, -0.05) is 84.9 Å². The first-order chi connectivity index (χ1) is 19.9. The van der Waals surface area contributed by atoms with Crippen molar-refractivity contribution in [3.63, 3.8) is 0 Å². The number of aromatic nitrogens is 1. The van der Waals surface area contributed by atoms with E-state index in [1.165, 1.54) is 87.0 Å². The number of hydrogen-bond donors (Lipinski definition) is 0. The van der Waals surface area contributed by atoms with Crippen LogP contribution >= 0.6 is 11.3 Å². The molecule has 3 heterocycles. The Labute approximate surface area is 235 Å². The lowest BCUT2D eigenvalue weighted by molar-refractivity contribution is 1.10. The molecule has 0 fully saturated rings. The van der Waals surface area contributed by atoms with E-state index in [1.807, 2.05) is 11.3 Å². The van der Waals surface area contributed by atoms with E-state index in [-0.39, 0.29) is 0 Å². The van der Waals surface area contributed by atoms with Crippen molar-refractivity contribution in [2.24, 2.45) is 0 Å². The summed E-state index contributed by atoms with van der Waals surface area (Å²) in [5.41, 5.74) is 13.1. The Morgan fingerprint density at radius 1 is 0.475 bits per heavy atom. The average Bonchev–Trinajstić information content (AvgIpc) is 3.68. The predicted molar refractivity (Wildman–Crippen MR) is 170 cm³/mol. The molecule has 2 aliphatic rings. The SMILES string of the molecule is c1ccc2c(c1)Cc1c-2cccc1N1c2ccccc2-n2c3c1cccc3c1ccc3sc4ccccc4c3c12. The summed E-state index contributed by atoms with van der Waals surface area (Å²) < 4.78 is 5.23. The van der Waals surface area contributed by atoms with Crippen LogP contribution in [0.25, 0.3) is 58.8 Å². The molecule has 0 unspecified atom stereocenters. The minimum absolute atomic E-state index is 0.959. The first kappa shape index (κ1) is 21.0. The number of nitrogens with zero attached hydrogens (tertiary/aromatic N) is 2. The van der Waals surface area contributed by atoms with Crippen molar-refractivity contribution in [1.82, 2.24) is 4.57 Å². The number of thiophene rings is 1. The van der Waals surface area contributed by atoms with Crippen LogP contribution in [0.3, 0.4) is 0 Å². The molecule has 0 radical (unpaired) electrons. The van der Waals surface area contributed by atoms with Gasteiger partial charge in [-0.15, -0.1) is 11.3 Å². The number of para-hydroxylation sites is 3. The lowest BCUT2D eigenvalue weighted by Gasteiger charge is -2.34. The maximum Gasteiger partial charge on any atom is 0.0783 e. The van der Waals surface area contributed by atoms with Crippen molar-refractivity contribution < 1.29 is 0 Å². The van der Waals surface area contributed by atoms with Gasteiger partial charge >= 0.3 is 0 Å². The molecule has 8 aromatic rings. The molecule has 40 heavy (non-hydrogen) atoms. The Kier molecular flexibility index (Phi) is 3.89. The maximum atomic E-state index is 2.55. The number of hydrogen-bond acceptors (Lipinski definition) is 2. The monoisotopic (exact) mass is 526 g/mol. The molecule has 3 heteroatoms. The van der Waals surface area contributed by atoms with E-state index >= 15 is 0 Å². The zero-order valence-corrected chi connectivity index (χ0v) is 22.4. The molecule has 10 rings (SSSR count). The van der Waals surface area contributed by atoms with Crippen molar-refractivity contribution >= 4 is 70.4 Å². The molecule has 2 aromatic heterocycles. The zero-order valence-electron chi connectivity index (χ0n) is 21.6. The van der Waals surface area contributed by atoms with Crippen LogP contribution in [0.2, 0.25) is 0 Å². The Morgan fingerprint density at radius 2 is 1.18 bits per heavy atom. The summed E-state index contributed by atoms with van der Waals surface area (Å²) in [6, 6.07) is 45.0. The summed E-state index contributed by atoms with van der Waals surface area (Å²) in [5.74, 6) is 0. The lowest BCUT2D eigenvalue weighted by Crippen LogP contribution is -2.19. The zero-order chi connectivity index (χ0) is 25.9. The highest BCUT2D eigenvalue weighted by Crippen LogP contribution is 2.54. The number of fused-ring (bicyclic) bond motifs is 12. The highest BCUT2D eigenvalue weighted by atomic mass is 32.1. The molecule has 0 atom stereocenters. The van der Waals surface area contributed by atoms with Gasteiger partial charge in [0, 0.05) is 37.4 Å². The number of anilines is 3. The molecular formula is C37H22N2S. The molecule has 0 saturated carbocycles. The third kappa shape index (κ3) is 2.49. The van der Waals surface area contributed by atoms with Crippen molar-refractivity contribution in [1.29, 1.82) is 0 Å². The quantitative estimate of drug-likeness (QED) is 0.206. The van der Waals surface area contributed by atoms with Crippen LogP contribution in [0, 0.1) is 0 Å². The lowest BCUT2D eigenvalue weighted by atomic mass is 10.0. The van der Waals surface area contributed by atoms with Gasteiger partial charge in [0.2, 0.25) is 0 Å². The normalized spacial score (nSPS) is 13.3. The van der Waals surface area contributed by atoms with E-state index in [2.05, 4.69) is 131 Å². The molecule has 0 saturated heterocycles. The van der Waals surface area contributed by atoms with Crippen molar-refractivity contribution in [2.75, 3.05) is 4.90 Å². The summed E-state index contributed by atoms with van der Waals surface area (Å²) in [7, 11) is 0. The summed E-state index contributed by atoms with van der Waals surface area (Å²) in [6.45, 7) is 0. The molecular weight excluding hydrogens is 504 g/mol. The van der Waals surface area contributed by atoms with Gasteiger partial charge in [0.1, 0.15) is 0 Å². The van der Waals surface area contributed by atoms with Gasteiger partial charge in [0.05, 0.1) is 33.8 Å². The fourth-order valence-electron chi connectivity index (χ4n) is 7.35. The van der Waals surface area contributed by atoms with E-state index in [9.17, 15) is 0 Å². The molecule has 6 aromatic carbocycles. The predicted octanol–water partition coefficient (Wildman–Crippen LogP) is 10.5. The second kappa shape index (κ2) is 7.41. The summed E-state index contributed by atoms with van der Waals surface area (Å²) in [4.78, 5) is 2.52. The fraction of sp³-hybridized carbons (Fsp3) is 0.0270. The minimum atomic E-state index is 0.959. The molecule has 0 bridgehead atoms. The van der Waals surface area contributed by atoms with Crippen LogP contribution in [-0.4, -0.2) is 4.57 Å². The van der Waals surface area contributed by atoms with Gasteiger partial charge in [-0.25, -0.2) is 0 Å². The molecule has 1 aliphatic heterocycles. The van der Waals surface area contributed by atoms with Gasteiger partial charge in [-0.2, -0.15) is 0 Å². The van der Waals surface area contributed by atoms with E-state index in [4.69, 9.17) is 0 Å². The van der Waals surface area contributed by atoms with Crippen molar-refractivity contribution in [2.45, 2.75) is 6.42 Å². The first-order valence-electron chi connectivity index (χ1n) is 13.8. The maximum absolute atomic E-state index is 2.55. The van der Waals surface area contributed by atoms with E-state index < -0.39 is 0 Å². The smallest absolute Gasteiger partial charge is 0.0783 e. The minimum Gasteiger partial charge on any atom is -0.306 e. The largest absolute Gasteiger partial charge is 0.306 e. The van der Waals surface area contributed by atoms with E-state index in [0.717, 1.165) is 6.42 Å². The molecule has 186 valence electrons. The number of rotatable bonds is 1. The fourth-order valence-corrected chi connectivity index (χ4v) is 8.45. The Morgan fingerprint density at radius 3 is 2.15 bits per heavy atom. The van der Waals surface area contributed by atoms with Gasteiger partial charge < -0.3 is 9.47 Å². The summed E-state index contributed by atoms with van der Waals surface area (Å²) in [5, 5.41) is 5.32. The van der Waals surface area contributed by atoms with Crippen LogP contribution in [0.1, 0.15) is 11.1 Å². The van der Waals surface area contributed by atoms with Gasteiger partial charge in [-0.05, 0) is 58.7 Å². The molecule has 0 spiro atoms. The van der Waals surface area contributed by atoms with Crippen LogP contribution in [0.4, 0.5) is 17.1 Å². The third-order valence-corrected chi connectivity index (χ3v) is 10.1. The van der Waals surface area contributed by atoms with Crippen molar-refractivity contribution in [3.05, 3.63) is 132 Å². The summed E-state index contributed by atoms with van der Waals surface area (Å²) in [6.07, 6.45) is 0.959. The molecule has 0 amide bonds. The van der Waals surface area contributed by atoms with Crippen LogP contribution in [0.15, 0.2) is 121 Å². The van der Waals surface area contributed by atoms with Crippen LogP contribution in [0.5, 0.6) is 0 Å². The Hall–Kier alpha value is -4.86. The van der Waals surface area contributed by atoms with E-state index in [1.54, 1.807) is 0 Å². The average molecular weight is 527 g/mol. The van der Waals surface area contributed by atoms with Crippen molar-refractivity contribution in [3.8, 4) is 16.8 Å².